The van der Waals surface area contributed by atoms with Crippen molar-refractivity contribution in [3.63, 3.8) is 0 Å². The summed E-state index contributed by atoms with van der Waals surface area (Å²) in [6, 6.07) is 0. The summed E-state index contributed by atoms with van der Waals surface area (Å²) in [5.41, 5.74) is 1.10. The maximum atomic E-state index is 12.7. The van der Waals surface area contributed by atoms with Crippen molar-refractivity contribution in [1.29, 1.82) is 0 Å². The van der Waals surface area contributed by atoms with Crippen molar-refractivity contribution >= 4 is 5.91 Å². The maximum absolute atomic E-state index is 12.7. The minimum Gasteiger partial charge on any atom is -0.376 e. The van der Waals surface area contributed by atoms with Crippen molar-refractivity contribution in [3.8, 4) is 0 Å². The molecule has 3 atom stereocenters. The minimum atomic E-state index is -0.0814. The highest BCUT2D eigenvalue weighted by molar-refractivity contribution is 5.79. The molecule has 0 bridgehead atoms. The number of nitrogens with zero attached hydrogens (tertiary/aromatic N) is 1. The van der Waals surface area contributed by atoms with Crippen LogP contribution in [0.4, 0.5) is 0 Å². The largest absolute Gasteiger partial charge is 0.376 e. The number of hydrogen-bond donors (Lipinski definition) is 0. The Morgan fingerprint density at radius 2 is 2.08 bits per heavy atom. The zero-order valence-electron chi connectivity index (χ0n) is 16.2. The minimum absolute atomic E-state index is 0.0814. The average Bonchev–Trinajstić information content (AvgIpc) is 2.68. The van der Waals surface area contributed by atoms with E-state index in [1.807, 2.05) is 0 Å². The van der Waals surface area contributed by atoms with Crippen LogP contribution in [-0.4, -0.2) is 36.1 Å². The molecule has 2 rings (SSSR count). The molecule has 0 aromatic carbocycles. The third kappa shape index (κ3) is 6.43. The number of carbonyl (C=O) groups is 1. The van der Waals surface area contributed by atoms with Crippen LogP contribution in [0.3, 0.4) is 0 Å². The first-order valence-corrected chi connectivity index (χ1v) is 9.52. The number of allylic oxidation sites excluding steroid dienone is 3. The molecule has 0 saturated carbocycles. The van der Waals surface area contributed by atoms with Crippen LogP contribution in [0.15, 0.2) is 23.8 Å². The summed E-state index contributed by atoms with van der Waals surface area (Å²) < 4.78 is 5.98. The first kappa shape index (κ1) is 19.2. The zero-order valence-corrected chi connectivity index (χ0v) is 16.2. The fraction of sp³-hybridized carbons (Fsp3) is 0.762. The van der Waals surface area contributed by atoms with Gasteiger partial charge in [0.05, 0.1) is 18.6 Å². The number of rotatable bonds is 4. The van der Waals surface area contributed by atoms with Gasteiger partial charge in [-0.2, -0.15) is 0 Å². The molecular formula is C21H35NO2. The Labute approximate surface area is 148 Å². The van der Waals surface area contributed by atoms with Crippen LogP contribution in [0.2, 0.25) is 0 Å². The fourth-order valence-electron chi connectivity index (χ4n) is 3.50. The van der Waals surface area contributed by atoms with Crippen LogP contribution in [0, 0.1) is 17.8 Å². The van der Waals surface area contributed by atoms with Crippen molar-refractivity contribution in [2.24, 2.45) is 17.8 Å². The molecule has 2 aliphatic rings. The Kier molecular flexibility index (Phi) is 6.68. The van der Waals surface area contributed by atoms with E-state index in [4.69, 9.17) is 4.74 Å². The van der Waals surface area contributed by atoms with Crippen LogP contribution < -0.4 is 0 Å². The van der Waals surface area contributed by atoms with Gasteiger partial charge in [-0.1, -0.05) is 32.1 Å². The predicted octanol–water partition coefficient (Wildman–Crippen LogP) is 4.59. The number of ether oxygens (including phenoxy) is 1. The van der Waals surface area contributed by atoms with Crippen LogP contribution in [0.1, 0.15) is 60.3 Å². The van der Waals surface area contributed by atoms with E-state index < -0.39 is 0 Å². The number of hydrogen-bond acceptors (Lipinski definition) is 2. The maximum Gasteiger partial charge on any atom is 0.226 e. The number of amides is 1. The lowest BCUT2D eigenvalue weighted by atomic mass is 9.95. The Morgan fingerprint density at radius 3 is 2.71 bits per heavy atom. The summed E-state index contributed by atoms with van der Waals surface area (Å²) in [6.45, 7) is 13.4. The lowest BCUT2D eigenvalue weighted by Crippen LogP contribution is -2.34. The van der Waals surface area contributed by atoms with Gasteiger partial charge in [0.25, 0.3) is 0 Å². The number of carbonyl (C=O) groups excluding carboxylic acids is 1. The lowest BCUT2D eigenvalue weighted by molar-refractivity contribution is -0.130. The highest BCUT2D eigenvalue weighted by Gasteiger charge is 2.26. The monoisotopic (exact) mass is 333 g/mol. The molecule has 3 heteroatoms. The molecule has 0 N–H and O–H groups in total. The average molecular weight is 334 g/mol. The van der Waals surface area contributed by atoms with Gasteiger partial charge in [0, 0.05) is 13.1 Å². The molecule has 1 amide bonds. The summed E-state index contributed by atoms with van der Waals surface area (Å²) in [4.78, 5) is 14.8. The van der Waals surface area contributed by atoms with Gasteiger partial charge in [0.15, 0.2) is 0 Å². The van der Waals surface area contributed by atoms with Gasteiger partial charge < -0.3 is 9.64 Å². The van der Waals surface area contributed by atoms with E-state index in [-0.39, 0.29) is 11.5 Å². The van der Waals surface area contributed by atoms with E-state index in [1.54, 1.807) is 0 Å². The third-order valence-electron chi connectivity index (χ3n) is 4.93. The van der Waals surface area contributed by atoms with E-state index in [1.165, 1.54) is 5.57 Å². The van der Waals surface area contributed by atoms with Crippen molar-refractivity contribution in [2.75, 3.05) is 19.7 Å². The normalized spacial score (nSPS) is 28.5. The molecule has 2 unspecified atom stereocenters. The topological polar surface area (TPSA) is 29.5 Å². The number of likely N-dealkylation sites (tertiary alicyclic amines) is 1. The Morgan fingerprint density at radius 1 is 1.33 bits per heavy atom. The van der Waals surface area contributed by atoms with Gasteiger partial charge in [-0.25, -0.2) is 0 Å². The van der Waals surface area contributed by atoms with E-state index in [2.05, 4.69) is 57.7 Å². The van der Waals surface area contributed by atoms with Crippen molar-refractivity contribution < 1.29 is 9.53 Å². The molecule has 1 heterocycles. The first-order valence-electron chi connectivity index (χ1n) is 9.52. The highest BCUT2D eigenvalue weighted by atomic mass is 16.5. The summed E-state index contributed by atoms with van der Waals surface area (Å²) >= 11 is 0. The van der Waals surface area contributed by atoms with E-state index in [9.17, 15) is 4.79 Å². The third-order valence-corrected chi connectivity index (χ3v) is 4.93. The summed E-state index contributed by atoms with van der Waals surface area (Å²) in [5.74, 6) is 1.99. The molecule has 0 aromatic rings. The molecule has 136 valence electrons. The SMILES string of the molecule is CC1C=CC(CC(=O)N2CCC(COC(C)(C)C)C[C@@H](C)C2)=CC1. The zero-order chi connectivity index (χ0) is 17.7. The van der Waals surface area contributed by atoms with Crippen LogP contribution >= 0.6 is 0 Å². The van der Waals surface area contributed by atoms with Gasteiger partial charge >= 0.3 is 0 Å². The molecular weight excluding hydrogens is 298 g/mol. The van der Waals surface area contributed by atoms with E-state index in [0.29, 0.717) is 24.2 Å². The lowest BCUT2D eigenvalue weighted by Gasteiger charge is -2.24. The second-order valence-corrected chi connectivity index (χ2v) is 8.79. The van der Waals surface area contributed by atoms with Crippen LogP contribution in [0.5, 0.6) is 0 Å². The molecule has 24 heavy (non-hydrogen) atoms. The molecule has 0 radical (unpaired) electrons. The van der Waals surface area contributed by atoms with Crippen LogP contribution in [0.25, 0.3) is 0 Å². The van der Waals surface area contributed by atoms with Gasteiger partial charge in [-0.3, -0.25) is 4.79 Å². The predicted molar refractivity (Wildman–Crippen MR) is 99.8 cm³/mol. The van der Waals surface area contributed by atoms with Gasteiger partial charge in [-0.05, 0) is 63.4 Å². The van der Waals surface area contributed by atoms with Crippen LogP contribution in [-0.2, 0) is 9.53 Å². The van der Waals surface area contributed by atoms with Crippen molar-refractivity contribution in [1.82, 2.24) is 4.90 Å². The van der Waals surface area contributed by atoms with E-state index in [0.717, 1.165) is 39.0 Å². The summed E-state index contributed by atoms with van der Waals surface area (Å²) in [5, 5.41) is 0. The molecule has 3 nitrogen and oxygen atoms in total. The molecule has 1 saturated heterocycles. The van der Waals surface area contributed by atoms with Gasteiger partial charge in [-0.15, -0.1) is 0 Å². The Hall–Kier alpha value is -1.09. The van der Waals surface area contributed by atoms with E-state index >= 15 is 0 Å². The molecule has 0 spiro atoms. The Balaban J connectivity index is 1.86. The second kappa shape index (κ2) is 8.33. The standard InChI is InChI=1S/C21H35NO2/c1-16-6-8-18(9-7-16)13-20(23)22-11-10-19(12-17(2)14-22)15-24-21(3,4)5/h6,8-9,16-17,19H,7,10-15H2,1-5H3/t16?,17-,19?/m1/s1. The first-order chi connectivity index (χ1) is 11.2. The molecule has 1 fully saturated rings. The van der Waals surface area contributed by atoms with Crippen molar-refractivity contribution in [3.05, 3.63) is 23.8 Å². The highest BCUT2D eigenvalue weighted by Crippen LogP contribution is 2.25. The summed E-state index contributed by atoms with van der Waals surface area (Å²) in [6.07, 6.45) is 10.4. The molecule has 1 aliphatic heterocycles. The summed E-state index contributed by atoms with van der Waals surface area (Å²) in [7, 11) is 0. The molecule has 0 aromatic heterocycles. The second-order valence-electron chi connectivity index (χ2n) is 8.79. The van der Waals surface area contributed by atoms with Crippen molar-refractivity contribution in [2.45, 2.75) is 65.9 Å². The quantitative estimate of drug-likeness (QED) is 0.753. The Bertz CT molecular complexity index is 487. The smallest absolute Gasteiger partial charge is 0.226 e. The van der Waals surface area contributed by atoms with Gasteiger partial charge in [0.1, 0.15) is 0 Å². The van der Waals surface area contributed by atoms with Gasteiger partial charge in [0.2, 0.25) is 5.91 Å². The fourth-order valence-corrected chi connectivity index (χ4v) is 3.50. The molecule has 1 aliphatic carbocycles.